The number of carbonyl (C=O) groups is 2. The highest BCUT2D eigenvalue weighted by Gasteiger charge is 2.25. The molecule has 4 nitrogen and oxygen atoms in total. The van der Waals surface area contributed by atoms with Gasteiger partial charge in [0.15, 0.2) is 0 Å². The van der Waals surface area contributed by atoms with Crippen LogP contribution < -0.4 is 0 Å². The van der Waals surface area contributed by atoms with E-state index in [2.05, 4.69) is 18.2 Å². The molecule has 1 heterocycles. The number of fused-ring (bicyclic) bond motifs is 1. The number of rotatable bonds is 4. The van der Waals surface area contributed by atoms with E-state index in [9.17, 15) is 9.59 Å². The van der Waals surface area contributed by atoms with Crippen molar-refractivity contribution in [2.45, 2.75) is 39.2 Å². The lowest BCUT2D eigenvalue weighted by atomic mass is 9.98. The molecule has 132 valence electrons. The Morgan fingerprint density at radius 3 is 2.44 bits per heavy atom. The van der Waals surface area contributed by atoms with E-state index in [1.54, 1.807) is 11.8 Å². The number of benzene rings is 2. The third kappa shape index (κ3) is 3.84. The molecular formula is C21H26N2O2. The molecule has 0 unspecified atom stereocenters. The molecular weight excluding hydrogens is 312 g/mol. The molecule has 0 saturated carbocycles. The number of piperidine rings is 1. The van der Waals surface area contributed by atoms with Crippen LogP contribution in [0.5, 0.6) is 0 Å². The van der Waals surface area contributed by atoms with Crippen molar-refractivity contribution in [3.8, 4) is 0 Å². The molecule has 0 spiro atoms. The molecule has 2 amide bonds. The van der Waals surface area contributed by atoms with Crippen molar-refractivity contribution >= 4 is 22.6 Å². The molecule has 0 radical (unpaired) electrons. The standard InChI is InChI=1S/C21H26N2O2/c1-16(19-12-8-10-18-9-4-5-11-20(18)19)23(17(2)24)15-21(25)22-13-6-3-7-14-22/h4-5,8-12,16H,3,6-7,13-15H2,1-2H3/t16-/m1/s1. The van der Waals surface area contributed by atoms with E-state index in [0.29, 0.717) is 0 Å². The van der Waals surface area contributed by atoms with E-state index in [0.717, 1.165) is 42.3 Å². The molecule has 0 aliphatic carbocycles. The molecule has 1 aliphatic heterocycles. The van der Waals surface area contributed by atoms with Crippen molar-refractivity contribution in [1.29, 1.82) is 0 Å². The SMILES string of the molecule is CC(=O)N(CC(=O)N1CCCCC1)[C@H](C)c1cccc2ccccc12. The summed E-state index contributed by atoms with van der Waals surface area (Å²) >= 11 is 0. The van der Waals surface area contributed by atoms with Crippen molar-refractivity contribution in [3.63, 3.8) is 0 Å². The van der Waals surface area contributed by atoms with Crippen LogP contribution in [-0.4, -0.2) is 41.2 Å². The van der Waals surface area contributed by atoms with Gasteiger partial charge in [-0.2, -0.15) is 0 Å². The Hall–Kier alpha value is -2.36. The fourth-order valence-corrected chi connectivity index (χ4v) is 3.69. The molecule has 0 bridgehead atoms. The van der Waals surface area contributed by atoms with Crippen molar-refractivity contribution < 1.29 is 9.59 Å². The second-order valence-corrected chi connectivity index (χ2v) is 6.83. The van der Waals surface area contributed by atoms with Gasteiger partial charge in [-0.05, 0) is 42.5 Å². The first-order valence-electron chi connectivity index (χ1n) is 9.10. The highest BCUT2D eigenvalue weighted by atomic mass is 16.2. The molecule has 1 saturated heterocycles. The van der Waals surface area contributed by atoms with Gasteiger partial charge in [0.25, 0.3) is 0 Å². The smallest absolute Gasteiger partial charge is 0.242 e. The second kappa shape index (κ2) is 7.68. The molecule has 1 fully saturated rings. The summed E-state index contributed by atoms with van der Waals surface area (Å²) in [5, 5.41) is 2.28. The summed E-state index contributed by atoms with van der Waals surface area (Å²) in [6.45, 7) is 5.33. The zero-order valence-electron chi connectivity index (χ0n) is 15.1. The summed E-state index contributed by atoms with van der Waals surface area (Å²) in [4.78, 5) is 28.5. The third-order valence-electron chi connectivity index (χ3n) is 5.16. The van der Waals surface area contributed by atoms with Gasteiger partial charge in [-0.15, -0.1) is 0 Å². The van der Waals surface area contributed by atoms with Gasteiger partial charge in [0.1, 0.15) is 6.54 Å². The Labute approximate surface area is 149 Å². The van der Waals surface area contributed by atoms with Gasteiger partial charge in [0.2, 0.25) is 11.8 Å². The van der Waals surface area contributed by atoms with Crippen molar-refractivity contribution in [3.05, 3.63) is 48.0 Å². The maximum atomic E-state index is 12.6. The van der Waals surface area contributed by atoms with E-state index in [4.69, 9.17) is 0 Å². The van der Waals surface area contributed by atoms with E-state index in [-0.39, 0.29) is 24.4 Å². The van der Waals surface area contributed by atoms with Crippen LogP contribution in [0.3, 0.4) is 0 Å². The van der Waals surface area contributed by atoms with E-state index in [1.807, 2.05) is 36.1 Å². The second-order valence-electron chi connectivity index (χ2n) is 6.83. The van der Waals surface area contributed by atoms with Crippen LogP contribution in [-0.2, 0) is 9.59 Å². The predicted molar refractivity (Wildman–Crippen MR) is 100 cm³/mol. The molecule has 3 rings (SSSR count). The minimum absolute atomic E-state index is 0.0574. The van der Waals surface area contributed by atoms with Crippen LogP contribution in [0.1, 0.15) is 44.7 Å². The number of hydrogen-bond acceptors (Lipinski definition) is 2. The lowest BCUT2D eigenvalue weighted by molar-refractivity contribution is -0.141. The van der Waals surface area contributed by atoms with Crippen LogP contribution in [0.25, 0.3) is 10.8 Å². The Kier molecular flexibility index (Phi) is 5.37. The number of amides is 2. The Morgan fingerprint density at radius 1 is 1.04 bits per heavy atom. The first-order valence-corrected chi connectivity index (χ1v) is 9.10. The monoisotopic (exact) mass is 338 g/mol. The molecule has 4 heteroatoms. The minimum atomic E-state index is -0.141. The lowest BCUT2D eigenvalue weighted by Gasteiger charge is -2.33. The topological polar surface area (TPSA) is 40.6 Å². The molecule has 1 atom stereocenters. The highest BCUT2D eigenvalue weighted by molar-refractivity contribution is 5.88. The lowest BCUT2D eigenvalue weighted by Crippen LogP contribution is -2.45. The fraction of sp³-hybridized carbons (Fsp3) is 0.429. The summed E-state index contributed by atoms with van der Waals surface area (Å²) in [5.74, 6) is -0.00668. The van der Waals surface area contributed by atoms with Crippen LogP contribution in [0.2, 0.25) is 0 Å². The molecule has 25 heavy (non-hydrogen) atoms. The maximum Gasteiger partial charge on any atom is 0.242 e. The van der Waals surface area contributed by atoms with E-state index >= 15 is 0 Å². The molecule has 2 aromatic carbocycles. The van der Waals surface area contributed by atoms with Gasteiger partial charge < -0.3 is 9.80 Å². The number of hydrogen-bond donors (Lipinski definition) is 0. The molecule has 0 aromatic heterocycles. The van der Waals surface area contributed by atoms with Crippen LogP contribution in [0.4, 0.5) is 0 Å². The van der Waals surface area contributed by atoms with Crippen molar-refractivity contribution in [2.24, 2.45) is 0 Å². The van der Waals surface area contributed by atoms with Gasteiger partial charge in [-0.25, -0.2) is 0 Å². The Morgan fingerprint density at radius 2 is 1.72 bits per heavy atom. The quantitative estimate of drug-likeness (QED) is 0.851. The molecule has 0 N–H and O–H groups in total. The zero-order chi connectivity index (χ0) is 17.8. The van der Waals surface area contributed by atoms with Crippen LogP contribution in [0.15, 0.2) is 42.5 Å². The van der Waals surface area contributed by atoms with Crippen LogP contribution >= 0.6 is 0 Å². The van der Waals surface area contributed by atoms with Crippen LogP contribution in [0, 0.1) is 0 Å². The van der Waals surface area contributed by atoms with E-state index in [1.165, 1.54) is 6.42 Å². The summed E-state index contributed by atoms with van der Waals surface area (Å²) in [6.07, 6.45) is 3.31. The fourth-order valence-electron chi connectivity index (χ4n) is 3.69. The van der Waals surface area contributed by atoms with Gasteiger partial charge in [-0.1, -0.05) is 42.5 Å². The van der Waals surface area contributed by atoms with Gasteiger partial charge in [-0.3, -0.25) is 9.59 Å². The first kappa shape index (κ1) is 17.5. The summed E-state index contributed by atoms with van der Waals surface area (Å²) in [6, 6.07) is 14.2. The third-order valence-corrected chi connectivity index (χ3v) is 5.16. The number of carbonyl (C=O) groups excluding carboxylic acids is 2. The van der Waals surface area contributed by atoms with E-state index < -0.39 is 0 Å². The van der Waals surface area contributed by atoms with Crippen molar-refractivity contribution in [2.75, 3.05) is 19.6 Å². The average Bonchev–Trinajstić information content (AvgIpc) is 2.65. The first-order chi connectivity index (χ1) is 12.1. The molecule has 2 aromatic rings. The number of nitrogens with zero attached hydrogens (tertiary/aromatic N) is 2. The van der Waals surface area contributed by atoms with Crippen molar-refractivity contribution in [1.82, 2.24) is 9.80 Å². The number of likely N-dealkylation sites (tertiary alicyclic amines) is 1. The van der Waals surface area contributed by atoms with Gasteiger partial charge >= 0.3 is 0 Å². The maximum absolute atomic E-state index is 12.6. The summed E-state index contributed by atoms with van der Waals surface area (Å²) < 4.78 is 0. The summed E-state index contributed by atoms with van der Waals surface area (Å²) in [5.41, 5.74) is 1.08. The molecule has 1 aliphatic rings. The average molecular weight is 338 g/mol. The highest BCUT2D eigenvalue weighted by Crippen LogP contribution is 2.28. The summed E-state index contributed by atoms with van der Waals surface area (Å²) in [7, 11) is 0. The van der Waals surface area contributed by atoms with Gasteiger partial charge in [0, 0.05) is 20.0 Å². The Bertz CT molecular complexity index is 760. The normalized spacial score (nSPS) is 15.8. The largest absolute Gasteiger partial charge is 0.341 e. The minimum Gasteiger partial charge on any atom is -0.341 e. The predicted octanol–water partition coefficient (Wildman–Crippen LogP) is 3.76. The zero-order valence-corrected chi connectivity index (χ0v) is 15.1. The Balaban J connectivity index is 1.84. The van der Waals surface area contributed by atoms with Gasteiger partial charge in [0.05, 0.1) is 6.04 Å².